The van der Waals surface area contributed by atoms with E-state index in [1.54, 1.807) is 4.90 Å². The van der Waals surface area contributed by atoms with E-state index in [9.17, 15) is 4.79 Å². The zero-order valence-corrected chi connectivity index (χ0v) is 13.9. The number of morpholine rings is 1. The van der Waals surface area contributed by atoms with Gasteiger partial charge in [-0.1, -0.05) is 6.07 Å². The van der Waals surface area contributed by atoms with Crippen molar-refractivity contribution in [1.29, 1.82) is 0 Å². The number of ether oxygens (including phenoxy) is 1. The first-order valence-corrected chi connectivity index (χ1v) is 8.20. The van der Waals surface area contributed by atoms with E-state index in [1.165, 1.54) is 0 Å². The highest BCUT2D eigenvalue weighted by atomic mass is 16.5. The molecule has 25 heavy (non-hydrogen) atoms. The van der Waals surface area contributed by atoms with Crippen LogP contribution in [-0.2, 0) is 11.3 Å². The van der Waals surface area contributed by atoms with E-state index < -0.39 is 0 Å². The standard InChI is InChI=1S/C17H19N5O3/c1-12-5-6-13(25-12)14-11-21(8-9-24-14)17(23)18-10-16-20-19-15-4-2-3-7-22(15)16/h2-7,14H,8-11H2,1H3,(H,18,23)/t14-/m1/s1. The maximum atomic E-state index is 12.5. The molecule has 0 saturated carbocycles. The molecule has 4 rings (SSSR count). The second kappa shape index (κ2) is 6.56. The van der Waals surface area contributed by atoms with E-state index in [4.69, 9.17) is 9.15 Å². The highest BCUT2D eigenvalue weighted by molar-refractivity contribution is 5.74. The van der Waals surface area contributed by atoms with E-state index in [-0.39, 0.29) is 12.1 Å². The van der Waals surface area contributed by atoms with Crippen molar-refractivity contribution in [3.63, 3.8) is 0 Å². The number of hydrogen-bond donors (Lipinski definition) is 1. The van der Waals surface area contributed by atoms with Crippen molar-refractivity contribution in [3.05, 3.63) is 53.9 Å². The second-order valence-corrected chi connectivity index (χ2v) is 5.96. The highest BCUT2D eigenvalue weighted by Crippen LogP contribution is 2.24. The molecule has 0 bridgehead atoms. The van der Waals surface area contributed by atoms with Gasteiger partial charge in [-0.2, -0.15) is 0 Å². The molecule has 0 spiro atoms. The lowest BCUT2D eigenvalue weighted by Gasteiger charge is -2.31. The maximum absolute atomic E-state index is 12.5. The van der Waals surface area contributed by atoms with Gasteiger partial charge in [0.05, 0.1) is 19.7 Å². The zero-order chi connectivity index (χ0) is 17.2. The Morgan fingerprint density at radius 3 is 3.08 bits per heavy atom. The van der Waals surface area contributed by atoms with Crippen LogP contribution in [0.3, 0.4) is 0 Å². The first-order valence-electron chi connectivity index (χ1n) is 8.20. The van der Waals surface area contributed by atoms with Gasteiger partial charge >= 0.3 is 6.03 Å². The number of hydrogen-bond acceptors (Lipinski definition) is 5. The van der Waals surface area contributed by atoms with Gasteiger partial charge in [-0.3, -0.25) is 4.40 Å². The number of pyridine rings is 1. The van der Waals surface area contributed by atoms with Gasteiger partial charge in [0.15, 0.2) is 11.5 Å². The molecule has 1 atom stereocenters. The summed E-state index contributed by atoms with van der Waals surface area (Å²) in [6, 6.07) is 9.31. The Bertz CT molecular complexity index is 887. The van der Waals surface area contributed by atoms with Crippen LogP contribution >= 0.6 is 0 Å². The normalized spacial score (nSPS) is 17.8. The number of nitrogens with one attached hydrogen (secondary N) is 1. The number of amides is 2. The summed E-state index contributed by atoms with van der Waals surface area (Å²) in [5.74, 6) is 2.27. The van der Waals surface area contributed by atoms with Crippen molar-refractivity contribution in [1.82, 2.24) is 24.8 Å². The van der Waals surface area contributed by atoms with Crippen molar-refractivity contribution < 1.29 is 13.9 Å². The summed E-state index contributed by atoms with van der Waals surface area (Å²) in [6.07, 6.45) is 1.64. The Labute approximate surface area is 144 Å². The summed E-state index contributed by atoms with van der Waals surface area (Å²) in [4.78, 5) is 14.2. The Hall–Kier alpha value is -2.87. The molecule has 1 saturated heterocycles. The van der Waals surface area contributed by atoms with Crippen molar-refractivity contribution in [2.75, 3.05) is 19.7 Å². The number of aromatic nitrogens is 3. The summed E-state index contributed by atoms with van der Waals surface area (Å²) in [6.45, 7) is 3.68. The number of rotatable bonds is 3. The number of carbonyl (C=O) groups is 1. The summed E-state index contributed by atoms with van der Waals surface area (Å²) >= 11 is 0. The van der Waals surface area contributed by atoms with Crippen LogP contribution in [0, 0.1) is 6.92 Å². The lowest BCUT2D eigenvalue weighted by atomic mass is 10.2. The maximum Gasteiger partial charge on any atom is 0.317 e. The molecule has 0 aliphatic carbocycles. The number of aryl methyl sites for hydroxylation is 1. The lowest BCUT2D eigenvalue weighted by molar-refractivity contribution is -0.0264. The zero-order valence-electron chi connectivity index (χ0n) is 13.9. The summed E-state index contributed by atoms with van der Waals surface area (Å²) in [7, 11) is 0. The van der Waals surface area contributed by atoms with E-state index >= 15 is 0 Å². The van der Waals surface area contributed by atoms with E-state index in [2.05, 4.69) is 15.5 Å². The minimum Gasteiger partial charge on any atom is -0.464 e. The van der Waals surface area contributed by atoms with Crippen LogP contribution in [0.25, 0.3) is 5.65 Å². The third-order valence-corrected chi connectivity index (χ3v) is 4.21. The fraction of sp³-hybridized carbons (Fsp3) is 0.353. The van der Waals surface area contributed by atoms with Gasteiger partial charge in [0.2, 0.25) is 0 Å². The molecule has 1 N–H and O–H groups in total. The SMILES string of the molecule is Cc1ccc([C@H]2CN(C(=O)NCc3nnc4ccccn34)CCO2)o1. The molecule has 8 nitrogen and oxygen atoms in total. The van der Waals surface area contributed by atoms with Crippen LogP contribution in [0.2, 0.25) is 0 Å². The van der Waals surface area contributed by atoms with Gasteiger partial charge in [0.25, 0.3) is 0 Å². The Morgan fingerprint density at radius 1 is 1.32 bits per heavy atom. The van der Waals surface area contributed by atoms with Crippen LogP contribution < -0.4 is 5.32 Å². The van der Waals surface area contributed by atoms with E-state index in [1.807, 2.05) is 47.9 Å². The van der Waals surface area contributed by atoms with Gasteiger partial charge in [0, 0.05) is 12.7 Å². The molecule has 1 fully saturated rings. The number of fused-ring (bicyclic) bond motifs is 1. The van der Waals surface area contributed by atoms with Gasteiger partial charge in [0.1, 0.15) is 17.6 Å². The second-order valence-electron chi connectivity index (χ2n) is 5.96. The average Bonchev–Trinajstić information content (AvgIpc) is 3.26. The molecule has 0 radical (unpaired) electrons. The molecular weight excluding hydrogens is 322 g/mol. The highest BCUT2D eigenvalue weighted by Gasteiger charge is 2.27. The minimum atomic E-state index is -0.234. The monoisotopic (exact) mass is 341 g/mol. The summed E-state index contributed by atoms with van der Waals surface area (Å²) in [5.41, 5.74) is 0.756. The largest absolute Gasteiger partial charge is 0.464 e. The molecule has 0 unspecified atom stereocenters. The minimum absolute atomic E-state index is 0.149. The van der Waals surface area contributed by atoms with Crippen LogP contribution in [0.15, 0.2) is 40.9 Å². The number of carbonyl (C=O) groups excluding carboxylic acids is 1. The number of nitrogens with zero attached hydrogens (tertiary/aromatic N) is 4. The van der Waals surface area contributed by atoms with Crippen LogP contribution in [-0.4, -0.2) is 45.2 Å². The average molecular weight is 341 g/mol. The molecule has 1 aliphatic heterocycles. The molecule has 1 aliphatic rings. The quantitative estimate of drug-likeness (QED) is 0.787. The predicted octanol–water partition coefficient (Wildman–Crippen LogP) is 1.91. The van der Waals surface area contributed by atoms with E-state index in [0.29, 0.717) is 32.1 Å². The van der Waals surface area contributed by atoms with Crippen LogP contribution in [0.1, 0.15) is 23.4 Å². The predicted molar refractivity (Wildman–Crippen MR) is 88.9 cm³/mol. The molecule has 8 heteroatoms. The molecule has 4 heterocycles. The molecule has 0 aromatic carbocycles. The fourth-order valence-corrected chi connectivity index (χ4v) is 2.91. The molecule has 2 amide bonds. The van der Waals surface area contributed by atoms with Crippen LogP contribution in [0.5, 0.6) is 0 Å². The van der Waals surface area contributed by atoms with Crippen molar-refractivity contribution >= 4 is 11.7 Å². The smallest absolute Gasteiger partial charge is 0.317 e. The molecule has 3 aromatic heterocycles. The summed E-state index contributed by atoms with van der Waals surface area (Å²) in [5, 5.41) is 11.1. The fourth-order valence-electron chi connectivity index (χ4n) is 2.91. The molecular formula is C17H19N5O3. The Balaban J connectivity index is 1.39. The van der Waals surface area contributed by atoms with Gasteiger partial charge in [-0.05, 0) is 31.2 Å². The van der Waals surface area contributed by atoms with Crippen molar-refractivity contribution in [2.45, 2.75) is 19.6 Å². The number of furan rings is 1. The van der Waals surface area contributed by atoms with Crippen molar-refractivity contribution in [3.8, 4) is 0 Å². The third-order valence-electron chi connectivity index (χ3n) is 4.21. The topological polar surface area (TPSA) is 84.9 Å². The van der Waals surface area contributed by atoms with Crippen LogP contribution in [0.4, 0.5) is 4.79 Å². The first-order chi connectivity index (χ1) is 12.2. The van der Waals surface area contributed by atoms with E-state index in [0.717, 1.165) is 17.2 Å². The first kappa shape index (κ1) is 15.6. The molecule has 130 valence electrons. The summed E-state index contributed by atoms with van der Waals surface area (Å²) < 4.78 is 13.2. The molecule has 3 aromatic rings. The van der Waals surface area contributed by atoms with Gasteiger partial charge in [-0.25, -0.2) is 4.79 Å². The lowest BCUT2D eigenvalue weighted by Crippen LogP contribution is -2.47. The van der Waals surface area contributed by atoms with Gasteiger partial charge < -0.3 is 19.4 Å². The Morgan fingerprint density at radius 2 is 2.24 bits per heavy atom. The third kappa shape index (κ3) is 3.20. The van der Waals surface area contributed by atoms with Crippen molar-refractivity contribution in [2.24, 2.45) is 0 Å². The Kier molecular flexibility index (Phi) is 4.10. The van der Waals surface area contributed by atoms with Gasteiger partial charge in [-0.15, -0.1) is 10.2 Å². The number of urea groups is 1.